The molecule has 0 aliphatic carbocycles. The fourth-order valence-electron chi connectivity index (χ4n) is 4.87. The van der Waals surface area contributed by atoms with Crippen molar-refractivity contribution in [3.05, 3.63) is 32.6 Å². The molecule has 1 aromatic rings. The summed E-state index contributed by atoms with van der Waals surface area (Å²) in [6.45, 7) is 0.366. The minimum Gasteiger partial charge on any atom is -0.481 e. The molecule has 2 heterocycles. The molecule has 0 saturated carbocycles. The zero-order valence-corrected chi connectivity index (χ0v) is 35.2. The lowest BCUT2D eigenvalue weighted by Gasteiger charge is -2.19. The molecule has 0 bridgehead atoms. The maximum atomic E-state index is 12.5. The van der Waals surface area contributed by atoms with Gasteiger partial charge in [-0.15, -0.1) is 0 Å². The van der Waals surface area contributed by atoms with Gasteiger partial charge in [-0.25, -0.2) is 23.3 Å². The number of hydrogen-bond acceptors (Lipinski definition) is 17. The van der Waals surface area contributed by atoms with Crippen molar-refractivity contribution in [1.82, 2.24) is 20.2 Å². The topological polar surface area (TPSA) is 394 Å². The molecule has 7 unspecified atom stereocenters. The van der Waals surface area contributed by atoms with Crippen LogP contribution in [0.25, 0.3) is 0 Å². The van der Waals surface area contributed by atoms with Gasteiger partial charge in [-0.3, -0.25) is 38.0 Å². The Bertz CT molecular complexity index is 2000. The van der Waals surface area contributed by atoms with Gasteiger partial charge in [0, 0.05) is 43.4 Å². The number of ketones is 1. The first-order valence-corrected chi connectivity index (χ1v) is 24.2. The first-order chi connectivity index (χ1) is 27.4. The highest BCUT2D eigenvalue weighted by atomic mass is 33.1. The number of nitrogens with one attached hydrogen (secondary N) is 3. The van der Waals surface area contributed by atoms with Gasteiger partial charge in [-0.05, 0) is 19.3 Å². The Hall–Kier alpha value is -3.18. The standard InChI is InChI=1S/C29H43N4O21P3S2/c1-2-20(28(41)42)31-27(40)18(13-25(37)38)12-19(34)7-3-4-10-58-59-11-8-23(36)30-9-5-6-17-15-33(29(43)32-26(17)39)24-14-21(35)22(52-24)16-51-56(47,48)54-57(49,50)53-55(44,45)46/h15,18,20-22,24,35H,2-4,7-14,16H2,1H3,(H,30,36)(H,31,40)(H,37,38)(H,41,42)(H,47,48)(H,49,50)(H,32,39,43)(H2,44,45,46). The van der Waals surface area contributed by atoms with E-state index in [-0.39, 0.29) is 55.9 Å². The Morgan fingerprint density at radius 3 is 2.31 bits per heavy atom. The van der Waals surface area contributed by atoms with Crippen LogP contribution in [0.2, 0.25) is 0 Å². The summed E-state index contributed by atoms with van der Waals surface area (Å²) in [5, 5.41) is 33.4. The van der Waals surface area contributed by atoms with Gasteiger partial charge in [0.05, 0.1) is 31.6 Å². The number of amides is 2. The molecule has 2 amide bonds. The molecule has 1 aliphatic heterocycles. The van der Waals surface area contributed by atoms with E-state index in [1.165, 1.54) is 28.5 Å². The van der Waals surface area contributed by atoms with Crippen molar-refractivity contribution < 1.29 is 90.4 Å². The summed E-state index contributed by atoms with van der Waals surface area (Å²) in [4.78, 5) is 122. The first-order valence-electron chi connectivity index (χ1n) is 17.2. The fraction of sp³-hybridized carbons (Fsp3) is 0.621. The van der Waals surface area contributed by atoms with Gasteiger partial charge in [-0.2, -0.15) is 8.62 Å². The SMILES string of the molecule is CCC(NC(=O)C(CC(=O)O)CC(=O)CCCCSSCCC(=O)NCC#Cc1cn(C2CC(O)C(COP(=O)(O)OP(=O)(O)OP(=O)(O)O)O2)c(=O)[nH]c1=O)C(=O)O. The first kappa shape index (κ1) is 52.0. The maximum Gasteiger partial charge on any atom is 0.490 e. The highest BCUT2D eigenvalue weighted by molar-refractivity contribution is 8.76. The van der Waals surface area contributed by atoms with E-state index in [9.17, 15) is 62.2 Å². The van der Waals surface area contributed by atoms with Gasteiger partial charge in [0.2, 0.25) is 11.8 Å². The summed E-state index contributed by atoms with van der Waals surface area (Å²) in [5.41, 5.74) is -2.12. The predicted molar refractivity (Wildman–Crippen MR) is 204 cm³/mol. The molecule has 1 aliphatic rings. The van der Waals surface area contributed by atoms with Gasteiger partial charge in [0.1, 0.15) is 29.7 Å². The third kappa shape index (κ3) is 20.3. The van der Waals surface area contributed by atoms with Crippen LogP contribution in [-0.2, 0) is 55.5 Å². The van der Waals surface area contributed by atoms with Crippen LogP contribution in [0.4, 0.5) is 0 Å². The Morgan fingerprint density at radius 1 is 1.00 bits per heavy atom. The number of rotatable bonds is 26. The molecule has 1 saturated heterocycles. The van der Waals surface area contributed by atoms with Crippen LogP contribution < -0.4 is 21.9 Å². The number of phosphoric acid groups is 3. The molecular formula is C29H43N4O21P3S2. The second kappa shape index (κ2) is 24.3. The summed E-state index contributed by atoms with van der Waals surface area (Å²) in [6, 6.07) is -1.19. The Labute approximate surface area is 342 Å². The van der Waals surface area contributed by atoms with Crippen LogP contribution in [0, 0.1) is 17.8 Å². The minimum absolute atomic E-state index is 0.0860. The van der Waals surface area contributed by atoms with Crippen LogP contribution in [0.15, 0.2) is 15.8 Å². The van der Waals surface area contributed by atoms with Crippen LogP contribution in [0.5, 0.6) is 0 Å². The molecule has 2 rings (SSSR count). The number of ether oxygens (including phenoxy) is 1. The number of carboxylic acid groups (broad SMARTS) is 2. The van der Waals surface area contributed by atoms with E-state index in [0.717, 1.165) is 10.8 Å². The second-order valence-electron chi connectivity index (χ2n) is 12.3. The number of aliphatic carboxylic acids is 2. The number of phosphoric ester groups is 1. The second-order valence-corrected chi connectivity index (χ2v) is 19.4. The average molecular weight is 941 g/mol. The molecule has 30 heteroatoms. The van der Waals surface area contributed by atoms with E-state index < -0.39 is 96.0 Å². The number of hydrogen-bond donors (Lipinski definition) is 10. The van der Waals surface area contributed by atoms with Crippen molar-refractivity contribution in [2.75, 3.05) is 24.7 Å². The quantitative estimate of drug-likeness (QED) is 0.0252. The molecule has 332 valence electrons. The summed E-state index contributed by atoms with van der Waals surface area (Å²) in [7, 11) is -14.1. The normalized spacial score (nSPS) is 19.6. The van der Waals surface area contributed by atoms with Gasteiger partial charge in [0.15, 0.2) is 0 Å². The number of carbonyl (C=O) groups is 5. The molecule has 10 N–H and O–H groups in total. The number of nitrogens with zero attached hydrogens (tertiary/aromatic N) is 1. The number of aromatic amines is 1. The third-order valence-corrected chi connectivity index (χ3v) is 13.9. The lowest BCUT2D eigenvalue weighted by Crippen LogP contribution is -2.44. The van der Waals surface area contributed by atoms with Crippen molar-refractivity contribution in [3.63, 3.8) is 0 Å². The largest absolute Gasteiger partial charge is 0.490 e. The van der Waals surface area contributed by atoms with Gasteiger partial charge in [-0.1, -0.05) is 40.4 Å². The molecule has 59 heavy (non-hydrogen) atoms. The van der Waals surface area contributed by atoms with E-state index in [4.69, 9.17) is 24.7 Å². The van der Waals surface area contributed by atoms with E-state index in [2.05, 4.69) is 35.6 Å². The van der Waals surface area contributed by atoms with E-state index in [0.29, 0.717) is 24.3 Å². The number of carbonyl (C=O) groups excluding carboxylic acids is 3. The van der Waals surface area contributed by atoms with Crippen molar-refractivity contribution in [2.24, 2.45) is 5.92 Å². The van der Waals surface area contributed by atoms with Gasteiger partial charge in [0.25, 0.3) is 5.56 Å². The lowest BCUT2D eigenvalue weighted by atomic mass is 9.95. The summed E-state index contributed by atoms with van der Waals surface area (Å²) in [6.07, 6.45) is -3.09. The highest BCUT2D eigenvalue weighted by Crippen LogP contribution is 2.66. The van der Waals surface area contributed by atoms with Gasteiger partial charge >= 0.3 is 41.1 Å². The highest BCUT2D eigenvalue weighted by Gasteiger charge is 2.43. The molecule has 0 aromatic carbocycles. The number of unbranched alkanes of at least 4 members (excludes halogenated alkanes) is 1. The maximum absolute atomic E-state index is 12.5. The van der Waals surface area contributed by atoms with Crippen molar-refractivity contribution in [2.45, 2.75) is 82.8 Å². The summed E-state index contributed by atoms with van der Waals surface area (Å²) in [5.74, 6) is 0.847. The zero-order valence-electron chi connectivity index (χ0n) is 30.9. The Morgan fingerprint density at radius 2 is 1.68 bits per heavy atom. The zero-order chi connectivity index (χ0) is 44.6. The fourth-order valence-corrected chi connectivity index (χ4v) is 10.0. The molecular weight excluding hydrogens is 897 g/mol. The monoisotopic (exact) mass is 940 g/mol. The van der Waals surface area contributed by atoms with Crippen LogP contribution >= 0.6 is 45.1 Å². The van der Waals surface area contributed by atoms with Crippen molar-refractivity contribution in [3.8, 4) is 11.8 Å². The van der Waals surface area contributed by atoms with Crippen molar-refractivity contribution >= 4 is 74.6 Å². The smallest absolute Gasteiger partial charge is 0.481 e. The van der Waals surface area contributed by atoms with Crippen molar-refractivity contribution in [1.29, 1.82) is 0 Å². The molecule has 0 radical (unpaired) electrons. The average Bonchev–Trinajstić information content (AvgIpc) is 3.47. The number of aromatic nitrogens is 2. The lowest BCUT2D eigenvalue weighted by molar-refractivity contribution is -0.144. The van der Waals surface area contributed by atoms with Crippen LogP contribution in [-0.4, -0.2) is 117 Å². The number of carboxylic acids is 2. The molecule has 1 fully saturated rings. The summed E-state index contributed by atoms with van der Waals surface area (Å²) >= 11 is 0. The number of H-pyrrole nitrogens is 1. The van der Waals surface area contributed by atoms with E-state index in [1.807, 2.05) is 4.98 Å². The number of aliphatic hydroxyl groups is 1. The van der Waals surface area contributed by atoms with Crippen LogP contribution in [0.3, 0.4) is 0 Å². The molecule has 1 aromatic heterocycles. The third-order valence-electron chi connectivity index (χ3n) is 7.61. The predicted octanol–water partition coefficient (Wildman–Crippen LogP) is -0.0327. The van der Waals surface area contributed by atoms with Gasteiger partial charge < -0.3 is 50.3 Å². The van der Waals surface area contributed by atoms with Crippen LogP contribution in [0.1, 0.15) is 70.1 Å². The van der Waals surface area contributed by atoms with E-state index >= 15 is 0 Å². The molecule has 7 atom stereocenters. The number of Topliss-reactive ketones (excluding diaryl/α,β-unsaturated/α-hetero) is 1. The Kier molecular flexibility index (Phi) is 21.4. The molecule has 0 spiro atoms. The molecule has 25 nitrogen and oxygen atoms in total. The summed E-state index contributed by atoms with van der Waals surface area (Å²) < 4.78 is 52.2. The minimum atomic E-state index is -5.79. The number of aliphatic hydroxyl groups excluding tert-OH is 1. The Balaban J connectivity index is 1.75. The van der Waals surface area contributed by atoms with E-state index in [1.54, 1.807) is 0 Å².